The van der Waals surface area contributed by atoms with E-state index < -0.39 is 5.82 Å². The van der Waals surface area contributed by atoms with Gasteiger partial charge in [-0.25, -0.2) is 4.39 Å². The first-order valence-corrected chi connectivity index (χ1v) is 7.42. The minimum atomic E-state index is -0.420. The first-order chi connectivity index (χ1) is 11.1. The van der Waals surface area contributed by atoms with Crippen LogP contribution in [0.3, 0.4) is 0 Å². The highest BCUT2D eigenvalue weighted by Crippen LogP contribution is 2.18. The molecule has 0 aromatic heterocycles. The van der Waals surface area contributed by atoms with Crippen molar-refractivity contribution < 1.29 is 14.0 Å². The van der Waals surface area contributed by atoms with Crippen LogP contribution in [-0.4, -0.2) is 36.2 Å². The molecule has 0 radical (unpaired) electrons. The lowest BCUT2D eigenvalue weighted by atomic mass is 10.0. The van der Waals surface area contributed by atoms with Crippen molar-refractivity contribution in [1.82, 2.24) is 4.90 Å². The van der Waals surface area contributed by atoms with Gasteiger partial charge >= 0.3 is 0 Å². The summed E-state index contributed by atoms with van der Waals surface area (Å²) in [7, 11) is 1.68. The molecule has 1 heterocycles. The monoisotopic (exact) mass is 312 g/mol. The Balaban J connectivity index is 1.59. The van der Waals surface area contributed by atoms with Crippen molar-refractivity contribution in [2.24, 2.45) is 5.16 Å². The van der Waals surface area contributed by atoms with Crippen molar-refractivity contribution >= 4 is 11.6 Å². The van der Waals surface area contributed by atoms with Gasteiger partial charge in [-0.2, -0.15) is 0 Å². The maximum atomic E-state index is 13.2. The van der Waals surface area contributed by atoms with Crippen molar-refractivity contribution in [2.75, 3.05) is 13.6 Å². The Morgan fingerprint density at radius 3 is 2.78 bits per heavy atom. The summed E-state index contributed by atoms with van der Waals surface area (Å²) < 4.78 is 13.2. The quantitative estimate of drug-likeness (QED) is 0.870. The molecule has 23 heavy (non-hydrogen) atoms. The second-order valence-electron chi connectivity index (χ2n) is 5.53. The highest BCUT2D eigenvalue weighted by molar-refractivity contribution is 6.01. The van der Waals surface area contributed by atoms with Gasteiger partial charge in [0, 0.05) is 19.0 Å². The maximum absolute atomic E-state index is 13.2. The predicted molar refractivity (Wildman–Crippen MR) is 85.8 cm³/mol. The fourth-order valence-corrected chi connectivity index (χ4v) is 2.56. The Morgan fingerprint density at radius 2 is 2.04 bits per heavy atom. The fraction of sp³-hybridized carbons (Fsp3) is 0.222. The number of carbonyl (C=O) groups excluding carboxylic acids is 1. The molecule has 0 aliphatic carbocycles. The van der Waals surface area contributed by atoms with Gasteiger partial charge in [-0.3, -0.25) is 4.79 Å². The number of amides is 1. The van der Waals surface area contributed by atoms with Crippen LogP contribution < -0.4 is 0 Å². The van der Waals surface area contributed by atoms with Crippen molar-refractivity contribution in [1.29, 1.82) is 0 Å². The van der Waals surface area contributed by atoms with E-state index in [0.29, 0.717) is 18.5 Å². The molecular formula is C18H17FN2O2. The molecule has 0 spiro atoms. The standard InChI is InChI=1S/C18H17FN2O2/c1-21(18(22)14-8-5-9-15(19)10-14)12-16-11-17(20-23-16)13-6-3-2-4-7-13/h2-10,16H,11-12H2,1H3/t16-/m0/s1. The number of oxime groups is 1. The molecular weight excluding hydrogens is 295 g/mol. The number of nitrogens with zero attached hydrogens (tertiary/aromatic N) is 2. The number of hydrogen-bond acceptors (Lipinski definition) is 3. The van der Waals surface area contributed by atoms with Gasteiger partial charge < -0.3 is 9.74 Å². The highest BCUT2D eigenvalue weighted by atomic mass is 19.1. The molecule has 0 saturated carbocycles. The molecule has 1 atom stereocenters. The Kier molecular flexibility index (Phi) is 4.37. The minimum Gasteiger partial charge on any atom is -0.390 e. The Morgan fingerprint density at radius 1 is 1.26 bits per heavy atom. The second kappa shape index (κ2) is 6.60. The lowest BCUT2D eigenvalue weighted by Crippen LogP contribution is -2.34. The van der Waals surface area contributed by atoms with Gasteiger partial charge in [0.1, 0.15) is 5.82 Å². The zero-order valence-electron chi connectivity index (χ0n) is 12.8. The molecule has 0 N–H and O–H groups in total. The molecule has 1 amide bonds. The number of hydrogen-bond donors (Lipinski definition) is 0. The molecule has 118 valence electrons. The fourth-order valence-electron chi connectivity index (χ4n) is 2.56. The van der Waals surface area contributed by atoms with Crippen molar-refractivity contribution in [3.05, 3.63) is 71.5 Å². The summed E-state index contributed by atoms with van der Waals surface area (Å²) in [5.74, 6) is -0.655. The molecule has 0 fully saturated rings. The Bertz CT molecular complexity index is 731. The first-order valence-electron chi connectivity index (χ1n) is 7.42. The molecule has 0 saturated heterocycles. The molecule has 1 aliphatic heterocycles. The third-order valence-electron chi connectivity index (χ3n) is 3.74. The zero-order chi connectivity index (χ0) is 16.2. The molecule has 3 rings (SSSR count). The summed E-state index contributed by atoms with van der Waals surface area (Å²) in [5.41, 5.74) is 2.23. The summed E-state index contributed by atoms with van der Waals surface area (Å²) in [6.45, 7) is 0.398. The van der Waals surface area contributed by atoms with E-state index in [1.54, 1.807) is 13.1 Å². The lowest BCUT2D eigenvalue weighted by Gasteiger charge is -2.20. The van der Waals surface area contributed by atoms with Crippen LogP contribution in [0.25, 0.3) is 0 Å². The van der Waals surface area contributed by atoms with Gasteiger partial charge in [0.2, 0.25) is 0 Å². The number of halogens is 1. The number of rotatable bonds is 4. The summed E-state index contributed by atoms with van der Waals surface area (Å²) in [5, 5.41) is 4.11. The van der Waals surface area contributed by atoms with E-state index >= 15 is 0 Å². The average molecular weight is 312 g/mol. The second-order valence-corrected chi connectivity index (χ2v) is 5.53. The van der Waals surface area contributed by atoms with Gasteiger partial charge in [-0.15, -0.1) is 0 Å². The van der Waals surface area contributed by atoms with E-state index in [0.717, 1.165) is 11.3 Å². The van der Waals surface area contributed by atoms with Crippen molar-refractivity contribution in [3.8, 4) is 0 Å². The van der Waals surface area contributed by atoms with Gasteiger partial charge in [-0.1, -0.05) is 41.6 Å². The summed E-state index contributed by atoms with van der Waals surface area (Å²) in [4.78, 5) is 19.3. The van der Waals surface area contributed by atoms with E-state index in [9.17, 15) is 9.18 Å². The average Bonchev–Trinajstić information content (AvgIpc) is 3.03. The highest BCUT2D eigenvalue weighted by Gasteiger charge is 2.25. The third-order valence-corrected chi connectivity index (χ3v) is 3.74. The van der Waals surface area contributed by atoms with Crippen molar-refractivity contribution in [2.45, 2.75) is 12.5 Å². The van der Waals surface area contributed by atoms with E-state index in [2.05, 4.69) is 5.16 Å². The lowest BCUT2D eigenvalue weighted by molar-refractivity contribution is 0.0482. The molecule has 2 aromatic carbocycles. The minimum absolute atomic E-state index is 0.187. The van der Waals surface area contributed by atoms with Gasteiger partial charge in [0.15, 0.2) is 6.10 Å². The Hall–Kier alpha value is -2.69. The smallest absolute Gasteiger partial charge is 0.253 e. The number of benzene rings is 2. The van der Waals surface area contributed by atoms with Crippen LogP contribution in [0.2, 0.25) is 0 Å². The van der Waals surface area contributed by atoms with Crippen LogP contribution in [0.1, 0.15) is 22.3 Å². The van der Waals surface area contributed by atoms with E-state index in [1.807, 2.05) is 30.3 Å². The summed E-state index contributed by atoms with van der Waals surface area (Å²) in [6.07, 6.45) is 0.456. The summed E-state index contributed by atoms with van der Waals surface area (Å²) in [6, 6.07) is 15.5. The van der Waals surface area contributed by atoms with Crippen molar-refractivity contribution in [3.63, 3.8) is 0 Å². The van der Waals surface area contributed by atoms with Crippen LogP contribution in [0, 0.1) is 5.82 Å². The summed E-state index contributed by atoms with van der Waals surface area (Å²) >= 11 is 0. The number of likely N-dealkylation sites (N-methyl/N-ethyl adjacent to an activating group) is 1. The topological polar surface area (TPSA) is 41.9 Å². The van der Waals surface area contributed by atoms with Crippen LogP contribution in [0.4, 0.5) is 4.39 Å². The first kappa shape index (κ1) is 15.2. The normalized spacial score (nSPS) is 16.6. The zero-order valence-corrected chi connectivity index (χ0v) is 12.8. The molecule has 0 bridgehead atoms. The number of carbonyl (C=O) groups is 1. The van der Waals surface area contributed by atoms with Gasteiger partial charge in [0.25, 0.3) is 5.91 Å². The van der Waals surface area contributed by atoms with Crippen LogP contribution in [0.5, 0.6) is 0 Å². The Labute approximate surface area is 134 Å². The van der Waals surface area contributed by atoms with E-state index in [-0.39, 0.29) is 12.0 Å². The van der Waals surface area contributed by atoms with E-state index in [1.165, 1.54) is 23.1 Å². The van der Waals surface area contributed by atoms with Crippen LogP contribution in [0.15, 0.2) is 59.8 Å². The molecule has 1 aliphatic rings. The van der Waals surface area contributed by atoms with E-state index in [4.69, 9.17) is 4.84 Å². The maximum Gasteiger partial charge on any atom is 0.253 e. The molecule has 2 aromatic rings. The van der Waals surface area contributed by atoms with Crippen LogP contribution >= 0.6 is 0 Å². The van der Waals surface area contributed by atoms with Crippen LogP contribution in [-0.2, 0) is 4.84 Å². The SMILES string of the molecule is CN(C[C@@H]1CC(c2ccccc2)=NO1)C(=O)c1cccc(F)c1. The predicted octanol–water partition coefficient (Wildman–Crippen LogP) is 3.09. The molecule has 4 nitrogen and oxygen atoms in total. The molecule has 5 heteroatoms. The molecule has 0 unspecified atom stereocenters. The third kappa shape index (κ3) is 3.56. The van der Waals surface area contributed by atoms with Gasteiger partial charge in [0.05, 0.1) is 12.3 Å². The van der Waals surface area contributed by atoms with Gasteiger partial charge in [-0.05, 0) is 23.8 Å². The largest absolute Gasteiger partial charge is 0.390 e.